The van der Waals surface area contributed by atoms with Crippen molar-refractivity contribution in [3.05, 3.63) is 35.4 Å². The van der Waals surface area contributed by atoms with Crippen molar-refractivity contribution >= 4 is 17.7 Å². The largest absolute Gasteiger partial charge is 0.416 e. The summed E-state index contributed by atoms with van der Waals surface area (Å²) >= 11 is 1.37. The molecule has 1 aliphatic heterocycles. The van der Waals surface area contributed by atoms with Gasteiger partial charge in [-0.3, -0.25) is 4.79 Å². The Morgan fingerprint density at radius 3 is 2.57 bits per heavy atom. The van der Waals surface area contributed by atoms with Gasteiger partial charge in [0.05, 0.1) is 11.3 Å². The summed E-state index contributed by atoms with van der Waals surface area (Å²) in [5, 5.41) is 0. The lowest BCUT2D eigenvalue weighted by molar-refractivity contribution is -0.137. The molecular weight excluding hydrogens is 299 g/mol. The van der Waals surface area contributed by atoms with Crippen molar-refractivity contribution in [1.29, 1.82) is 0 Å². The van der Waals surface area contributed by atoms with Gasteiger partial charge < -0.3 is 4.90 Å². The second kappa shape index (κ2) is 7.20. The van der Waals surface area contributed by atoms with E-state index in [1.807, 2.05) is 4.90 Å². The fourth-order valence-electron chi connectivity index (χ4n) is 2.33. The number of carbonyl (C=O) groups is 1. The number of carbonyl (C=O) groups excluding carboxylic acids is 1. The van der Waals surface area contributed by atoms with E-state index in [9.17, 15) is 18.0 Å². The lowest BCUT2D eigenvalue weighted by Gasteiger charge is -2.26. The predicted octanol–water partition coefficient (Wildman–Crippen LogP) is 3.95. The van der Waals surface area contributed by atoms with Gasteiger partial charge >= 0.3 is 6.18 Å². The minimum Gasteiger partial charge on any atom is -0.342 e. The van der Waals surface area contributed by atoms with Crippen molar-refractivity contribution in [2.45, 2.75) is 31.2 Å². The molecule has 6 heteroatoms. The standard InChI is InChI=1S/C15H18F3NOS/c16-15(17,18)13-6-4-5-12(9-13)10-21-11-14(20)19-7-2-1-3-8-19/h4-6,9H,1-3,7-8,10-11H2. The van der Waals surface area contributed by atoms with Gasteiger partial charge in [-0.25, -0.2) is 0 Å². The fraction of sp³-hybridized carbons (Fsp3) is 0.533. The lowest BCUT2D eigenvalue weighted by atomic mass is 10.1. The fourth-order valence-corrected chi connectivity index (χ4v) is 3.20. The van der Waals surface area contributed by atoms with Crippen LogP contribution in [0.1, 0.15) is 30.4 Å². The molecule has 0 aromatic heterocycles. The number of hydrogen-bond donors (Lipinski definition) is 0. The van der Waals surface area contributed by atoms with Gasteiger partial charge in [-0.2, -0.15) is 13.2 Å². The summed E-state index contributed by atoms with van der Waals surface area (Å²) in [6.07, 6.45) is -1.06. The first-order valence-electron chi connectivity index (χ1n) is 6.98. The van der Waals surface area contributed by atoms with Crippen LogP contribution in [-0.2, 0) is 16.7 Å². The summed E-state index contributed by atoms with van der Waals surface area (Å²) in [6.45, 7) is 1.62. The maximum atomic E-state index is 12.6. The number of alkyl halides is 3. The van der Waals surface area contributed by atoms with Crippen LogP contribution in [0.4, 0.5) is 13.2 Å². The van der Waals surface area contributed by atoms with Crippen LogP contribution in [0.3, 0.4) is 0 Å². The highest BCUT2D eigenvalue weighted by atomic mass is 32.2. The number of thioether (sulfide) groups is 1. The summed E-state index contributed by atoms with van der Waals surface area (Å²) in [5.74, 6) is 0.839. The van der Waals surface area contributed by atoms with E-state index in [2.05, 4.69) is 0 Å². The minimum atomic E-state index is -4.32. The Morgan fingerprint density at radius 2 is 1.90 bits per heavy atom. The highest BCUT2D eigenvalue weighted by Crippen LogP contribution is 2.30. The van der Waals surface area contributed by atoms with Crippen LogP contribution >= 0.6 is 11.8 Å². The Hall–Kier alpha value is -1.17. The zero-order valence-electron chi connectivity index (χ0n) is 11.7. The Labute approximate surface area is 126 Å². The molecule has 21 heavy (non-hydrogen) atoms. The molecule has 0 atom stereocenters. The quantitative estimate of drug-likeness (QED) is 0.838. The van der Waals surface area contributed by atoms with Gasteiger partial charge in [-0.05, 0) is 30.9 Å². The molecule has 0 unspecified atom stereocenters. The van der Waals surface area contributed by atoms with Gasteiger partial charge in [0.15, 0.2) is 0 Å². The molecule has 1 aromatic carbocycles. The maximum absolute atomic E-state index is 12.6. The van der Waals surface area contributed by atoms with Crippen LogP contribution in [0.25, 0.3) is 0 Å². The van der Waals surface area contributed by atoms with E-state index in [1.165, 1.54) is 24.2 Å². The lowest BCUT2D eigenvalue weighted by Crippen LogP contribution is -2.36. The van der Waals surface area contributed by atoms with Crippen molar-refractivity contribution in [2.75, 3.05) is 18.8 Å². The average Bonchev–Trinajstić information content (AvgIpc) is 2.47. The second-order valence-corrected chi connectivity index (χ2v) is 6.12. The highest BCUT2D eigenvalue weighted by Gasteiger charge is 2.30. The van der Waals surface area contributed by atoms with Crippen molar-refractivity contribution in [2.24, 2.45) is 0 Å². The molecule has 1 aliphatic rings. The maximum Gasteiger partial charge on any atom is 0.416 e. The molecule has 1 saturated heterocycles. The van der Waals surface area contributed by atoms with Crippen LogP contribution in [-0.4, -0.2) is 29.6 Å². The molecule has 0 saturated carbocycles. The number of likely N-dealkylation sites (tertiary alicyclic amines) is 1. The smallest absolute Gasteiger partial charge is 0.342 e. The van der Waals surface area contributed by atoms with Gasteiger partial charge in [0, 0.05) is 18.8 Å². The number of halogens is 3. The molecule has 1 amide bonds. The van der Waals surface area contributed by atoms with Gasteiger partial charge in [0.2, 0.25) is 5.91 Å². The number of rotatable bonds is 4. The summed E-state index contributed by atoms with van der Waals surface area (Å²) < 4.78 is 37.8. The molecule has 116 valence electrons. The third-order valence-corrected chi connectivity index (χ3v) is 4.45. The van der Waals surface area contributed by atoms with Crippen molar-refractivity contribution in [3.8, 4) is 0 Å². The Morgan fingerprint density at radius 1 is 1.19 bits per heavy atom. The molecule has 1 fully saturated rings. The SMILES string of the molecule is O=C(CSCc1cccc(C(F)(F)F)c1)N1CCCCC1. The van der Waals surface area contributed by atoms with Crippen molar-refractivity contribution < 1.29 is 18.0 Å². The van der Waals surface area contributed by atoms with Crippen LogP contribution < -0.4 is 0 Å². The molecule has 0 bridgehead atoms. The molecule has 0 radical (unpaired) electrons. The molecule has 1 heterocycles. The zero-order valence-corrected chi connectivity index (χ0v) is 12.5. The molecule has 1 aromatic rings. The number of hydrogen-bond acceptors (Lipinski definition) is 2. The van der Waals surface area contributed by atoms with E-state index in [0.717, 1.165) is 38.1 Å². The van der Waals surface area contributed by atoms with E-state index in [1.54, 1.807) is 6.07 Å². The number of benzene rings is 1. The molecule has 2 nitrogen and oxygen atoms in total. The molecular formula is C15H18F3NOS. The Balaban J connectivity index is 1.82. The molecule has 0 aliphatic carbocycles. The Kier molecular flexibility index (Phi) is 5.56. The highest BCUT2D eigenvalue weighted by molar-refractivity contribution is 7.99. The van der Waals surface area contributed by atoms with Gasteiger partial charge in [-0.15, -0.1) is 11.8 Å². The monoisotopic (exact) mass is 317 g/mol. The number of amides is 1. The zero-order chi connectivity index (χ0) is 15.3. The van der Waals surface area contributed by atoms with E-state index < -0.39 is 11.7 Å². The van der Waals surface area contributed by atoms with E-state index >= 15 is 0 Å². The average molecular weight is 317 g/mol. The normalized spacial score (nSPS) is 16.0. The topological polar surface area (TPSA) is 20.3 Å². The van der Waals surface area contributed by atoms with Gasteiger partial charge in [0.1, 0.15) is 0 Å². The minimum absolute atomic E-state index is 0.0895. The van der Waals surface area contributed by atoms with Crippen LogP contribution in [0.2, 0.25) is 0 Å². The summed E-state index contributed by atoms with van der Waals surface area (Å²) in [6, 6.07) is 5.28. The predicted molar refractivity (Wildman–Crippen MR) is 78.0 cm³/mol. The summed E-state index contributed by atoms with van der Waals surface area (Å²) in [7, 11) is 0. The van der Waals surface area contributed by atoms with E-state index in [0.29, 0.717) is 17.1 Å². The van der Waals surface area contributed by atoms with Gasteiger partial charge in [0.25, 0.3) is 0 Å². The third kappa shape index (κ3) is 4.95. The summed E-state index contributed by atoms with van der Waals surface area (Å²) in [5.41, 5.74) is -0.0378. The first kappa shape index (κ1) is 16.2. The van der Waals surface area contributed by atoms with Crippen LogP contribution in [0.15, 0.2) is 24.3 Å². The number of nitrogens with zero attached hydrogens (tertiary/aromatic N) is 1. The van der Waals surface area contributed by atoms with Crippen molar-refractivity contribution in [1.82, 2.24) is 4.90 Å². The Bertz CT molecular complexity index is 484. The van der Waals surface area contributed by atoms with Crippen LogP contribution in [0, 0.1) is 0 Å². The molecule has 2 rings (SSSR count). The molecule has 0 N–H and O–H groups in total. The van der Waals surface area contributed by atoms with E-state index in [-0.39, 0.29) is 5.91 Å². The first-order chi connectivity index (χ1) is 9.97. The summed E-state index contributed by atoms with van der Waals surface area (Å²) in [4.78, 5) is 13.8. The number of piperidine rings is 1. The third-order valence-electron chi connectivity index (χ3n) is 3.46. The van der Waals surface area contributed by atoms with Crippen molar-refractivity contribution in [3.63, 3.8) is 0 Å². The first-order valence-corrected chi connectivity index (χ1v) is 8.14. The van der Waals surface area contributed by atoms with Gasteiger partial charge in [-0.1, -0.05) is 18.2 Å². The second-order valence-electron chi connectivity index (χ2n) is 5.13. The molecule has 0 spiro atoms. The van der Waals surface area contributed by atoms with Crippen LogP contribution in [0.5, 0.6) is 0 Å². The van der Waals surface area contributed by atoms with E-state index in [4.69, 9.17) is 0 Å².